The highest BCUT2D eigenvalue weighted by molar-refractivity contribution is 5.29. The molecule has 1 aromatic rings. The first kappa shape index (κ1) is 15.9. The first-order valence-electron chi connectivity index (χ1n) is 5.91. The smallest absolute Gasteiger partial charge is 0.302 e. The van der Waals surface area contributed by atoms with E-state index in [9.17, 15) is 13.2 Å². The first-order chi connectivity index (χ1) is 8.60. The third kappa shape index (κ3) is 3.46. The lowest BCUT2D eigenvalue weighted by atomic mass is 9.87. The van der Waals surface area contributed by atoms with Gasteiger partial charge < -0.3 is 4.90 Å². The summed E-state index contributed by atoms with van der Waals surface area (Å²) in [6.45, 7) is 3.83. The number of hydrazine groups is 1. The number of hydrogen-bond donors (Lipinski definition) is 2. The minimum absolute atomic E-state index is 0.412. The molecule has 0 saturated carbocycles. The van der Waals surface area contributed by atoms with E-state index in [1.807, 2.05) is 32.8 Å². The standard InChI is InChI=1S/C13H20F3N3/c1-12(2,19(3)4)11(18-17)9-6-5-7-10(8-9)13(14,15)16/h5-8,11,18H,17H2,1-4H3. The molecule has 0 fully saturated rings. The molecule has 3 N–H and O–H groups in total. The van der Waals surface area contributed by atoms with Crippen molar-refractivity contribution in [2.45, 2.75) is 31.6 Å². The average Bonchev–Trinajstić information content (AvgIpc) is 2.28. The fraction of sp³-hybridized carbons (Fsp3) is 0.538. The topological polar surface area (TPSA) is 41.3 Å². The number of nitrogens with zero attached hydrogens (tertiary/aromatic N) is 1. The van der Waals surface area contributed by atoms with Crippen LogP contribution in [0.15, 0.2) is 24.3 Å². The Kier molecular flexibility index (Phi) is 4.60. The van der Waals surface area contributed by atoms with Gasteiger partial charge in [-0.1, -0.05) is 12.1 Å². The Labute approximate surface area is 111 Å². The van der Waals surface area contributed by atoms with Crippen LogP contribution in [0.25, 0.3) is 0 Å². The molecule has 1 rings (SSSR count). The lowest BCUT2D eigenvalue weighted by molar-refractivity contribution is -0.137. The Balaban J connectivity index is 3.20. The van der Waals surface area contributed by atoms with Crippen LogP contribution in [0.2, 0.25) is 0 Å². The molecular formula is C13H20F3N3. The maximum atomic E-state index is 12.7. The van der Waals surface area contributed by atoms with Gasteiger partial charge in [0.15, 0.2) is 0 Å². The predicted octanol–water partition coefficient (Wildman–Crippen LogP) is 2.55. The Bertz CT molecular complexity index is 427. The lowest BCUT2D eigenvalue weighted by Gasteiger charge is -2.40. The molecule has 19 heavy (non-hydrogen) atoms. The van der Waals surface area contributed by atoms with Crippen LogP contribution >= 0.6 is 0 Å². The molecule has 0 saturated heterocycles. The van der Waals surface area contributed by atoms with Crippen LogP contribution in [0.3, 0.4) is 0 Å². The summed E-state index contributed by atoms with van der Waals surface area (Å²) in [6.07, 6.45) is -4.35. The number of alkyl halides is 3. The van der Waals surface area contributed by atoms with Gasteiger partial charge in [-0.25, -0.2) is 0 Å². The van der Waals surface area contributed by atoms with Crippen molar-refractivity contribution in [1.82, 2.24) is 10.3 Å². The number of benzene rings is 1. The zero-order valence-corrected chi connectivity index (χ0v) is 11.5. The third-order valence-corrected chi connectivity index (χ3v) is 3.57. The van der Waals surface area contributed by atoms with Crippen LogP contribution in [0.1, 0.15) is 31.0 Å². The fourth-order valence-corrected chi connectivity index (χ4v) is 1.86. The monoisotopic (exact) mass is 275 g/mol. The highest BCUT2D eigenvalue weighted by atomic mass is 19.4. The van der Waals surface area contributed by atoms with E-state index in [4.69, 9.17) is 5.84 Å². The molecule has 0 aromatic heterocycles. The summed E-state index contributed by atoms with van der Waals surface area (Å²) in [4.78, 5) is 1.91. The molecule has 0 heterocycles. The number of halogens is 3. The summed E-state index contributed by atoms with van der Waals surface area (Å²) >= 11 is 0. The molecular weight excluding hydrogens is 255 g/mol. The van der Waals surface area contributed by atoms with Crippen LogP contribution in [0, 0.1) is 0 Å². The number of rotatable bonds is 4. The summed E-state index contributed by atoms with van der Waals surface area (Å²) < 4.78 is 38.2. The molecule has 1 aromatic carbocycles. The number of nitrogens with one attached hydrogen (secondary N) is 1. The predicted molar refractivity (Wildman–Crippen MR) is 69.3 cm³/mol. The lowest BCUT2D eigenvalue weighted by Crippen LogP contribution is -2.51. The zero-order valence-electron chi connectivity index (χ0n) is 11.5. The normalized spacial score (nSPS) is 14.8. The van der Waals surface area contributed by atoms with Crippen LogP contribution in [-0.4, -0.2) is 24.5 Å². The van der Waals surface area contributed by atoms with Gasteiger partial charge in [0, 0.05) is 5.54 Å². The molecule has 108 valence electrons. The van der Waals surface area contributed by atoms with Crippen molar-refractivity contribution in [2.75, 3.05) is 14.1 Å². The van der Waals surface area contributed by atoms with Crippen LogP contribution < -0.4 is 11.3 Å². The third-order valence-electron chi connectivity index (χ3n) is 3.57. The van der Waals surface area contributed by atoms with Crippen molar-refractivity contribution in [3.05, 3.63) is 35.4 Å². The van der Waals surface area contributed by atoms with Crippen molar-refractivity contribution in [3.63, 3.8) is 0 Å². The zero-order chi connectivity index (χ0) is 14.8. The van der Waals surface area contributed by atoms with E-state index >= 15 is 0 Å². The van der Waals surface area contributed by atoms with E-state index in [1.54, 1.807) is 6.07 Å². The van der Waals surface area contributed by atoms with Gasteiger partial charge in [-0.3, -0.25) is 11.3 Å². The maximum absolute atomic E-state index is 12.7. The Morgan fingerprint density at radius 2 is 1.79 bits per heavy atom. The van der Waals surface area contributed by atoms with E-state index in [-0.39, 0.29) is 0 Å². The van der Waals surface area contributed by atoms with Crippen molar-refractivity contribution in [1.29, 1.82) is 0 Å². The van der Waals surface area contributed by atoms with Crippen molar-refractivity contribution < 1.29 is 13.2 Å². The summed E-state index contributed by atoms with van der Waals surface area (Å²) in [5, 5.41) is 0. The molecule has 6 heteroatoms. The molecule has 0 aliphatic heterocycles. The summed E-state index contributed by atoms with van der Waals surface area (Å²) in [5.41, 5.74) is 2.02. The molecule has 0 aliphatic carbocycles. The largest absolute Gasteiger partial charge is 0.416 e. The Hall–Kier alpha value is -1.11. The van der Waals surface area contributed by atoms with Crippen LogP contribution in [0.5, 0.6) is 0 Å². The van der Waals surface area contributed by atoms with Gasteiger partial charge in [0.1, 0.15) is 0 Å². The quantitative estimate of drug-likeness (QED) is 0.655. The average molecular weight is 275 g/mol. The maximum Gasteiger partial charge on any atom is 0.416 e. The summed E-state index contributed by atoms with van der Waals surface area (Å²) in [5.74, 6) is 5.53. The van der Waals surface area contributed by atoms with Crippen LogP contribution in [-0.2, 0) is 6.18 Å². The van der Waals surface area contributed by atoms with Gasteiger partial charge in [-0.15, -0.1) is 0 Å². The molecule has 0 radical (unpaired) electrons. The molecule has 3 nitrogen and oxygen atoms in total. The Morgan fingerprint density at radius 1 is 1.21 bits per heavy atom. The van der Waals surface area contributed by atoms with E-state index in [0.29, 0.717) is 5.56 Å². The van der Waals surface area contributed by atoms with E-state index in [0.717, 1.165) is 12.1 Å². The minimum Gasteiger partial charge on any atom is -0.302 e. The molecule has 1 unspecified atom stereocenters. The molecule has 0 amide bonds. The fourth-order valence-electron chi connectivity index (χ4n) is 1.86. The van der Waals surface area contributed by atoms with E-state index in [2.05, 4.69) is 5.43 Å². The second-order valence-electron chi connectivity index (χ2n) is 5.27. The van der Waals surface area contributed by atoms with Crippen molar-refractivity contribution in [2.24, 2.45) is 5.84 Å². The highest BCUT2D eigenvalue weighted by Crippen LogP contribution is 2.34. The molecule has 0 aliphatic rings. The second-order valence-corrected chi connectivity index (χ2v) is 5.27. The summed E-state index contributed by atoms with van der Waals surface area (Å²) in [6, 6.07) is 4.82. The van der Waals surface area contributed by atoms with E-state index in [1.165, 1.54) is 6.07 Å². The van der Waals surface area contributed by atoms with Crippen molar-refractivity contribution in [3.8, 4) is 0 Å². The van der Waals surface area contributed by atoms with E-state index < -0.39 is 23.3 Å². The van der Waals surface area contributed by atoms with Crippen molar-refractivity contribution >= 4 is 0 Å². The molecule has 0 spiro atoms. The van der Waals surface area contributed by atoms with Gasteiger partial charge in [-0.2, -0.15) is 13.2 Å². The minimum atomic E-state index is -4.35. The Morgan fingerprint density at radius 3 is 2.21 bits per heavy atom. The SMILES string of the molecule is CN(C)C(C)(C)C(NN)c1cccc(C(F)(F)F)c1. The molecule has 1 atom stereocenters. The summed E-state index contributed by atoms with van der Waals surface area (Å²) in [7, 11) is 3.72. The number of nitrogens with two attached hydrogens (primary N) is 1. The molecule has 0 bridgehead atoms. The van der Waals surface area contributed by atoms with Gasteiger partial charge in [0.25, 0.3) is 0 Å². The van der Waals surface area contributed by atoms with Crippen LogP contribution in [0.4, 0.5) is 13.2 Å². The van der Waals surface area contributed by atoms with Gasteiger partial charge >= 0.3 is 6.18 Å². The first-order valence-corrected chi connectivity index (χ1v) is 5.91. The number of hydrogen-bond acceptors (Lipinski definition) is 3. The van der Waals surface area contributed by atoms with Gasteiger partial charge in [0.2, 0.25) is 0 Å². The number of likely N-dealkylation sites (N-methyl/N-ethyl adjacent to an activating group) is 1. The van der Waals surface area contributed by atoms with Gasteiger partial charge in [0.05, 0.1) is 11.6 Å². The highest BCUT2D eigenvalue weighted by Gasteiger charge is 2.35. The second kappa shape index (κ2) is 5.48. The van der Waals surface area contributed by atoms with Gasteiger partial charge in [-0.05, 0) is 45.6 Å².